The minimum Gasteiger partial charge on any atom is -0.508 e. The van der Waals surface area contributed by atoms with Crippen LogP contribution < -0.4 is 0 Å². The fourth-order valence-electron chi connectivity index (χ4n) is 1.81. The predicted molar refractivity (Wildman–Crippen MR) is 76.1 cm³/mol. The van der Waals surface area contributed by atoms with Gasteiger partial charge in [0.25, 0.3) is 0 Å². The lowest BCUT2D eigenvalue weighted by atomic mass is 9.92. The summed E-state index contributed by atoms with van der Waals surface area (Å²) in [7, 11) is 7.25. The molecule has 0 aromatic heterocycles. The first-order valence-corrected chi connectivity index (χ1v) is 7.09. The monoisotopic (exact) mass is 280 g/mol. The van der Waals surface area contributed by atoms with Crippen molar-refractivity contribution in [2.45, 2.75) is 11.7 Å². The SMILES string of the molecule is CC(SCl)(c1ccc(O)cc1)c1ccc(O)cc1. The van der Waals surface area contributed by atoms with Gasteiger partial charge in [0.2, 0.25) is 0 Å². The zero-order chi connectivity index (χ0) is 13.2. The van der Waals surface area contributed by atoms with Crippen LogP contribution in [-0.2, 0) is 4.75 Å². The van der Waals surface area contributed by atoms with Gasteiger partial charge in [0.05, 0.1) is 4.75 Å². The van der Waals surface area contributed by atoms with E-state index in [4.69, 9.17) is 10.7 Å². The molecule has 0 radical (unpaired) electrons. The molecule has 0 aliphatic heterocycles. The molecule has 18 heavy (non-hydrogen) atoms. The van der Waals surface area contributed by atoms with Gasteiger partial charge < -0.3 is 10.2 Å². The first kappa shape index (κ1) is 13.1. The third-order valence-electron chi connectivity index (χ3n) is 2.99. The summed E-state index contributed by atoms with van der Waals surface area (Å²) in [6.07, 6.45) is 0. The van der Waals surface area contributed by atoms with Crippen molar-refractivity contribution in [2.24, 2.45) is 0 Å². The largest absolute Gasteiger partial charge is 0.508 e. The minimum absolute atomic E-state index is 0.228. The molecule has 2 rings (SSSR count). The molecule has 0 aliphatic rings. The van der Waals surface area contributed by atoms with Crippen molar-refractivity contribution in [1.82, 2.24) is 0 Å². The number of hydrogen-bond donors (Lipinski definition) is 2. The van der Waals surface area contributed by atoms with Crippen LogP contribution in [0.1, 0.15) is 18.1 Å². The van der Waals surface area contributed by atoms with Gasteiger partial charge >= 0.3 is 0 Å². The van der Waals surface area contributed by atoms with Crippen molar-refractivity contribution in [1.29, 1.82) is 0 Å². The maximum atomic E-state index is 9.33. The molecule has 2 aromatic rings. The third kappa shape index (κ3) is 2.42. The van der Waals surface area contributed by atoms with Crippen LogP contribution in [0, 0.1) is 0 Å². The van der Waals surface area contributed by atoms with Crippen molar-refractivity contribution >= 4 is 21.7 Å². The Bertz CT molecular complexity index is 477. The van der Waals surface area contributed by atoms with E-state index in [2.05, 4.69) is 0 Å². The van der Waals surface area contributed by atoms with Crippen LogP contribution in [0.3, 0.4) is 0 Å². The second-order valence-corrected chi connectivity index (χ2v) is 5.64. The van der Waals surface area contributed by atoms with Gasteiger partial charge in [-0.3, -0.25) is 0 Å². The van der Waals surface area contributed by atoms with E-state index in [-0.39, 0.29) is 11.5 Å². The normalized spacial score (nSPS) is 11.4. The summed E-state index contributed by atoms with van der Waals surface area (Å²) in [6.45, 7) is 2.00. The van der Waals surface area contributed by atoms with Crippen molar-refractivity contribution in [2.75, 3.05) is 0 Å². The second-order valence-electron chi connectivity index (χ2n) is 4.20. The van der Waals surface area contributed by atoms with Crippen LogP contribution in [0.4, 0.5) is 0 Å². The fourth-order valence-corrected chi connectivity index (χ4v) is 2.80. The summed E-state index contributed by atoms with van der Waals surface area (Å²) in [5, 5.41) is 18.7. The van der Waals surface area contributed by atoms with Gasteiger partial charge in [0.15, 0.2) is 0 Å². The molecule has 0 bridgehead atoms. The molecule has 94 valence electrons. The highest BCUT2D eigenvalue weighted by Crippen LogP contribution is 2.45. The number of benzene rings is 2. The molecule has 4 heteroatoms. The zero-order valence-corrected chi connectivity index (χ0v) is 11.4. The van der Waals surface area contributed by atoms with Gasteiger partial charge in [0.1, 0.15) is 11.5 Å². The Morgan fingerprint density at radius 1 is 0.833 bits per heavy atom. The highest BCUT2D eigenvalue weighted by molar-refractivity contribution is 8.21. The Labute approximate surface area is 115 Å². The molecular formula is C14H13ClO2S. The van der Waals surface area contributed by atoms with Crippen LogP contribution >= 0.6 is 21.7 Å². The van der Waals surface area contributed by atoms with Crippen LogP contribution in [0.5, 0.6) is 11.5 Å². The topological polar surface area (TPSA) is 40.5 Å². The quantitative estimate of drug-likeness (QED) is 0.883. The molecule has 0 aliphatic carbocycles. The van der Waals surface area contributed by atoms with Crippen molar-refractivity contribution in [3.8, 4) is 11.5 Å². The van der Waals surface area contributed by atoms with E-state index in [1.54, 1.807) is 24.3 Å². The average Bonchev–Trinajstić information content (AvgIpc) is 2.39. The maximum absolute atomic E-state index is 9.33. The third-order valence-corrected chi connectivity index (χ3v) is 4.70. The maximum Gasteiger partial charge on any atom is 0.115 e. The molecular weight excluding hydrogens is 268 g/mol. The number of hydrogen-bond acceptors (Lipinski definition) is 3. The summed E-state index contributed by atoms with van der Waals surface area (Å²) in [4.78, 5) is 0. The van der Waals surface area contributed by atoms with E-state index in [1.807, 2.05) is 31.2 Å². The van der Waals surface area contributed by atoms with Gasteiger partial charge in [-0.2, -0.15) is 0 Å². The standard InChI is InChI=1S/C14H13ClO2S/c1-14(18-15,10-2-6-12(16)7-3-10)11-4-8-13(17)9-5-11/h2-9,16-17H,1H3. The van der Waals surface area contributed by atoms with Gasteiger partial charge in [-0.05, 0) is 64.0 Å². The summed E-state index contributed by atoms with van der Waals surface area (Å²) in [5.74, 6) is 0.456. The van der Waals surface area contributed by atoms with Crippen molar-refractivity contribution < 1.29 is 10.2 Å². The smallest absolute Gasteiger partial charge is 0.115 e. The van der Waals surface area contributed by atoms with Crippen LogP contribution in [-0.4, -0.2) is 10.2 Å². The number of rotatable bonds is 3. The van der Waals surface area contributed by atoms with Gasteiger partial charge in [-0.15, -0.1) is 0 Å². The summed E-state index contributed by atoms with van der Waals surface area (Å²) >= 11 is 0. The lowest BCUT2D eigenvalue weighted by molar-refractivity contribution is 0.475. The van der Waals surface area contributed by atoms with Crippen LogP contribution in [0.2, 0.25) is 0 Å². The molecule has 0 heterocycles. The molecule has 0 atom stereocenters. The van der Waals surface area contributed by atoms with Gasteiger partial charge in [-0.1, -0.05) is 24.3 Å². The molecule has 0 unspecified atom stereocenters. The molecule has 0 amide bonds. The Kier molecular flexibility index (Phi) is 3.73. The van der Waals surface area contributed by atoms with E-state index < -0.39 is 4.75 Å². The fraction of sp³-hybridized carbons (Fsp3) is 0.143. The van der Waals surface area contributed by atoms with Gasteiger partial charge in [-0.25, -0.2) is 0 Å². The Hall–Kier alpha value is -1.32. The molecule has 2 N–H and O–H groups in total. The first-order chi connectivity index (χ1) is 8.56. The first-order valence-electron chi connectivity index (χ1n) is 5.45. The summed E-state index contributed by atoms with van der Waals surface area (Å²) in [6, 6.07) is 13.9. The molecule has 0 saturated heterocycles. The lowest BCUT2D eigenvalue weighted by Gasteiger charge is -2.27. The van der Waals surface area contributed by atoms with Gasteiger partial charge in [0, 0.05) is 0 Å². The van der Waals surface area contributed by atoms with E-state index in [0.717, 1.165) is 11.1 Å². The molecule has 2 aromatic carbocycles. The van der Waals surface area contributed by atoms with Crippen LogP contribution in [0.15, 0.2) is 48.5 Å². The number of aromatic hydroxyl groups is 2. The Balaban J connectivity index is 2.47. The highest BCUT2D eigenvalue weighted by Gasteiger charge is 2.29. The van der Waals surface area contributed by atoms with Crippen molar-refractivity contribution in [3.63, 3.8) is 0 Å². The number of phenols is 2. The average molecular weight is 281 g/mol. The van der Waals surface area contributed by atoms with E-state index in [9.17, 15) is 10.2 Å². The lowest BCUT2D eigenvalue weighted by Crippen LogP contribution is -2.17. The van der Waals surface area contributed by atoms with Crippen molar-refractivity contribution in [3.05, 3.63) is 59.7 Å². The molecule has 2 nitrogen and oxygen atoms in total. The van der Waals surface area contributed by atoms with E-state index in [0.29, 0.717) is 0 Å². The number of halogens is 1. The van der Waals surface area contributed by atoms with E-state index >= 15 is 0 Å². The number of phenolic OH excluding ortho intramolecular Hbond substituents is 2. The van der Waals surface area contributed by atoms with Crippen LogP contribution in [0.25, 0.3) is 0 Å². The highest BCUT2D eigenvalue weighted by atomic mass is 35.7. The van der Waals surface area contributed by atoms with E-state index in [1.165, 1.54) is 11.0 Å². The zero-order valence-electron chi connectivity index (χ0n) is 9.80. The Morgan fingerprint density at radius 3 is 1.44 bits per heavy atom. The molecule has 0 saturated carbocycles. The predicted octanol–water partition coefficient (Wildman–Crippen LogP) is 4.25. The second kappa shape index (κ2) is 5.12. The summed E-state index contributed by atoms with van der Waals surface area (Å²) < 4.78 is -0.428. The Morgan fingerprint density at radius 2 is 1.17 bits per heavy atom. The molecule has 0 spiro atoms. The summed E-state index contributed by atoms with van der Waals surface area (Å²) in [5.41, 5.74) is 1.98. The molecule has 0 fully saturated rings. The minimum atomic E-state index is -0.428.